The van der Waals surface area contributed by atoms with Crippen LogP contribution >= 0.6 is 22.6 Å². The van der Waals surface area contributed by atoms with Crippen molar-refractivity contribution in [2.24, 2.45) is 5.10 Å². The number of nitrogens with zero attached hydrogens (tertiary/aromatic N) is 3. The molecule has 0 unspecified atom stereocenters. The summed E-state index contributed by atoms with van der Waals surface area (Å²) in [5.41, 5.74) is 6.23. The Morgan fingerprint density at radius 2 is 1.90 bits per heavy atom. The van der Waals surface area contributed by atoms with Gasteiger partial charge in [-0.2, -0.15) is 5.10 Å². The monoisotopic (exact) mass is 518 g/mol. The number of carbonyl (C=O) groups excluding carboxylic acids is 1. The maximum absolute atomic E-state index is 12.2. The van der Waals surface area contributed by atoms with Crippen LogP contribution in [0.5, 0.6) is 5.75 Å². The van der Waals surface area contributed by atoms with Crippen LogP contribution in [0.25, 0.3) is 5.69 Å². The van der Waals surface area contributed by atoms with E-state index in [1.165, 1.54) is 19.2 Å². The highest BCUT2D eigenvalue weighted by Gasteiger charge is 2.17. The van der Waals surface area contributed by atoms with Crippen LogP contribution in [0.2, 0.25) is 0 Å². The van der Waals surface area contributed by atoms with Gasteiger partial charge in [0.2, 0.25) is 0 Å². The van der Waals surface area contributed by atoms with Crippen molar-refractivity contribution in [2.45, 2.75) is 13.8 Å². The number of benzene rings is 2. The van der Waals surface area contributed by atoms with Gasteiger partial charge in [-0.1, -0.05) is 0 Å². The second kappa shape index (κ2) is 9.08. The molecule has 1 amide bonds. The van der Waals surface area contributed by atoms with Crippen molar-refractivity contribution in [3.8, 4) is 11.4 Å². The summed E-state index contributed by atoms with van der Waals surface area (Å²) >= 11 is 2.17. The summed E-state index contributed by atoms with van der Waals surface area (Å²) < 4.78 is 8.33. The first kappa shape index (κ1) is 21.5. The zero-order valence-corrected chi connectivity index (χ0v) is 18.7. The summed E-state index contributed by atoms with van der Waals surface area (Å²) in [7, 11) is 1.47. The normalized spacial score (nSPS) is 10.9. The van der Waals surface area contributed by atoms with Crippen molar-refractivity contribution in [3.05, 3.63) is 84.7 Å². The molecule has 1 aromatic heterocycles. The van der Waals surface area contributed by atoms with E-state index in [0.29, 0.717) is 17.0 Å². The number of nitro groups is 1. The predicted octanol–water partition coefficient (Wildman–Crippen LogP) is 4.38. The van der Waals surface area contributed by atoms with E-state index in [0.717, 1.165) is 20.5 Å². The van der Waals surface area contributed by atoms with Crippen LogP contribution < -0.4 is 10.2 Å². The van der Waals surface area contributed by atoms with Crippen LogP contribution in [0.3, 0.4) is 0 Å². The van der Waals surface area contributed by atoms with Crippen molar-refractivity contribution >= 4 is 40.4 Å². The first-order chi connectivity index (χ1) is 14.3. The van der Waals surface area contributed by atoms with Gasteiger partial charge in [-0.15, -0.1) is 0 Å². The number of aryl methyl sites for hydroxylation is 1. The molecule has 9 heteroatoms. The number of aromatic nitrogens is 1. The predicted molar refractivity (Wildman–Crippen MR) is 123 cm³/mol. The molecule has 0 fully saturated rings. The van der Waals surface area contributed by atoms with Crippen LogP contribution in [-0.2, 0) is 0 Å². The third-order valence-corrected chi connectivity index (χ3v) is 5.28. The summed E-state index contributed by atoms with van der Waals surface area (Å²) in [5.74, 6) is 0.0926. The molecule has 0 saturated carbocycles. The maximum atomic E-state index is 12.2. The fraction of sp³-hybridized carbons (Fsp3) is 0.143. The molecule has 0 spiro atoms. The molecule has 0 atom stereocenters. The number of methoxy groups -OCH3 is 1. The Labute approximate surface area is 186 Å². The lowest BCUT2D eigenvalue weighted by Crippen LogP contribution is -2.17. The molecule has 0 aliphatic heterocycles. The molecule has 0 saturated heterocycles. The number of halogens is 1. The summed E-state index contributed by atoms with van der Waals surface area (Å²) in [4.78, 5) is 22.8. The summed E-state index contributed by atoms with van der Waals surface area (Å²) in [5, 5.41) is 15.1. The van der Waals surface area contributed by atoms with E-state index in [2.05, 4.69) is 33.1 Å². The van der Waals surface area contributed by atoms with E-state index in [1.807, 2.05) is 36.6 Å². The number of amides is 1. The zero-order valence-electron chi connectivity index (χ0n) is 16.5. The Balaban J connectivity index is 1.85. The average Bonchev–Trinajstić information content (AvgIpc) is 3.01. The molecular formula is C21H19IN4O4. The number of ether oxygens (including phenoxy) is 1. The number of rotatable bonds is 6. The van der Waals surface area contributed by atoms with Crippen LogP contribution in [0.4, 0.5) is 5.69 Å². The molecule has 0 aliphatic rings. The van der Waals surface area contributed by atoms with E-state index in [4.69, 9.17) is 4.74 Å². The third-order valence-electron chi connectivity index (χ3n) is 4.56. The molecule has 2 aromatic carbocycles. The second-order valence-corrected chi connectivity index (χ2v) is 7.73. The van der Waals surface area contributed by atoms with E-state index in [1.54, 1.807) is 24.4 Å². The lowest BCUT2D eigenvalue weighted by atomic mass is 10.2. The number of hydrogen-bond acceptors (Lipinski definition) is 5. The fourth-order valence-corrected chi connectivity index (χ4v) is 3.44. The largest absolute Gasteiger partial charge is 0.494 e. The van der Waals surface area contributed by atoms with Crippen molar-refractivity contribution in [1.82, 2.24) is 9.99 Å². The minimum Gasteiger partial charge on any atom is -0.494 e. The first-order valence-electron chi connectivity index (χ1n) is 8.92. The minimum atomic E-state index is -0.462. The Morgan fingerprint density at radius 1 is 1.20 bits per heavy atom. The van der Waals surface area contributed by atoms with E-state index in [-0.39, 0.29) is 11.6 Å². The molecular weight excluding hydrogens is 499 g/mol. The van der Waals surface area contributed by atoms with Gasteiger partial charge < -0.3 is 9.30 Å². The van der Waals surface area contributed by atoms with Gasteiger partial charge >= 0.3 is 0 Å². The van der Waals surface area contributed by atoms with Gasteiger partial charge in [0.15, 0.2) is 0 Å². The number of hydrazone groups is 1. The molecule has 1 N–H and O–H groups in total. The zero-order chi connectivity index (χ0) is 21.8. The van der Waals surface area contributed by atoms with Crippen LogP contribution in [-0.4, -0.2) is 28.7 Å². The Morgan fingerprint density at radius 3 is 2.53 bits per heavy atom. The number of nitrogens with one attached hydrogen (secondary N) is 1. The first-order valence-corrected chi connectivity index (χ1v) is 10.0. The average molecular weight is 518 g/mol. The summed E-state index contributed by atoms with van der Waals surface area (Å²) in [6.45, 7) is 3.81. The second-order valence-electron chi connectivity index (χ2n) is 6.48. The Hall–Kier alpha value is -3.21. The van der Waals surface area contributed by atoms with Gasteiger partial charge in [-0.3, -0.25) is 14.9 Å². The standard InChI is InChI=1S/C21H19IN4O4/c1-13-10-16(12-23-24-21(27)15-4-6-17(22)7-5-15)14(2)25(13)19-9-8-18(26(28)29)11-20(19)30-3/h4-12H,1-3H3,(H,24,27)/b23-12-. The highest BCUT2D eigenvalue weighted by atomic mass is 127. The SMILES string of the molecule is COc1cc([N+](=O)[O-])ccc1-n1c(C)cc(/C=N\NC(=O)c2ccc(I)cc2)c1C. The van der Waals surface area contributed by atoms with Gasteiger partial charge in [0.1, 0.15) is 5.75 Å². The molecule has 8 nitrogen and oxygen atoms in total. The number of nitro benzene ring substituents is 1. The van der Waals surface area contributed by atoms with Gasteiger partial charge in [-0.25, -0.2) is 5.43 Å². The molecule has 0 aliphatic carbocycles. The van der Waals surface area contributed by atoms with Gasteiger partial charge in [0, 0.05) is 32.2 Å². The minimum absolute atomic E-state index is 0.0434. The van der Waals surface area contributed by atoms with Crippen LogP contribution in [0.1, 0.15) is 27.3 Å². The number of hydrogen-bond donors (Lipinski definition) is 1. The maximum Gasteiger partial charge on any atom is 0.273 e. The molecule has 154 valence electrons. The smallest absolute Gasteiger partial charge is 0.273 e. The molecule has 0 bridgehead atoms. The van der Waals surface area contributed by atoms with Crippen molar-refractivity contribution < 1.29 is 14.5 Å². The third kappa shape index (κ3) is 4.51. The number of carbonyl (C=O) groups is 1. The van der Waals surface area contributed by atoms with Crippen molar-refractivity contribution in [1.29, 1.82) is 0 Å². The Bertz CT molecular complexity index is 1140. The van der Waals surface area contributed by atoms with Gasteiger partial charge in [0.25, 0.3) is 11.6 Å². The summed E-state index contributed by atoms with van der Waals surface area (Å²) in [6.07, 6.45) is 1.57. The van der Waals surface area contributed by atoms with Crippen LogP contribution in [0.15, 0.2) is 53.6 Å². The molecule has 3 rings (SSSR count). The highest BCUT2D eigenvalue weighted by molar-refractivity contribution is 14.1. The summed E-state index contributed by atoms with van der Waals surface area (Å²) in [6, 6.07) is 13.6. The van der Waals surface area contributed by atoms with E-state index < -0.39 is 4.92 Å². The molecule has 0 radical (unpaired) electrons. The topological polar surface area (TPSA) is 98.8 Å². The van der Waals surface area contributed by atoms with Crippen molar-refractivity contribution in [2.75, 3.05) is 7.11 Å². The fourth-order valence-electron chi connectivity index (χ4n) is 3.08. The van der Waals surface area contributed by atoms with Crippen LogP contribution in [0, 0.1) is 27.5 Å². The molecule has 30 heavy (non-hydrogen) atoms. The highest BCUT2D eigenvalue weighted by Crippen LogP contribution is 2.31. The quantitative estimate of drug-likeness (QED) is 0.227. The van der Waals surface area contributed by atoms with Crippen molar-refractivity contribution in [3.63, 3.8) is 0 Å². The Kier molecular flexibility index (Phi) is 6.50. The molecule has 1 heterocycles. The van der Waals surface area contributed by atoms with Gasteiger partial charge in [-0.05, 0) is 72.8 Å². The lowest BCUT2D eigenvalue weighted by molar-refractivity contribution is -0.384. The molecule has 3 aromatic rings. The van der Waals surface area contributed by atoms with E-state index >= 15 is 0 Å². The van der Waals surface area contributed by atoms with E-state index in [9.17, 15) is 14.9 Å². The lowest BCUT2D eigenvalue weighted by Gasteiger charge is -2.13. The van der Waals surface area contributed by atoms with Gasteiger partial charge in [0.05, 0.1) is 30.0 Å². The number of non-ortho nitro benzene ring substituents is 1.